The van der Waals surface area contributed by atoms with Gasteiger partial charge in [-0.05, 0) is 33.9 Å². The van der Waals surface area contributed by atoms with E-state index in [1.54, 1.807) is 0 Å². The molecule has 0 fully saturated rings. The fourth-order valence-corrected chi connectivity index (χ4v) is 4.36. The lowest BCUT2D eigenvalue weighted by atomic mass is 9.81. The van der Waals surface area contributed by atoms with Crippen LogP contribution in [0.1, 0.15) is 27.0 Å². The van der Waals surface area contributed by atoms with E-state index in [-0.39, 0.29) is 5.91 Å². The van der Waals surface area contributed by atoms with E-state index < -0.39 is 5.54 Å². The minimum absolute atomic E-state index is 0.0899. The van der Waals surface area contributed by atoms with Crippen LogP contribution in [0.3, 0.4) is 0 Å². The van der Waals surface area contributed by atoms with E-state index in [0.29, 0.717) is 0 Å². The van der Waals surface area contributed by atoms with Gasteiger partial charge in [-0.15, -0.1) is 0 Å². The first kappa shape index (κ1) is 12.7. The lowest BCUT2D eigenvalue weighted by Crippen LogP contribution is -2.41. The van der Waals surface area contributed by atoms with Crippen molar-refractivity contribution in [3.8, 4) is 11.1 Å². The lowest BCUT2D eigenvalue weighted by molar-refractivity contribution is 0.0740. The monoisotopic (exact) mass is 297 g/mol. The van der Waals surface area contributed by atoms with E-state index in [4.69, 9.17) is 0 Å². The fraction of sp³-hybridized carbons (Fsp3) is 0.0952. The Labute approximate surface area is 135 Å². The Morgan fingerprint density at radius 2 is 1.04 bits per heavy atom. The summed E-state index contributed by atoms with van der Waals surface area (Å²) < 4.78 is 0. The van der Waals surface area contributed by atoms with Gasteiger partial charge in [0.1, 0.15) is 5.54 Å². The van der Waals surface area contributed by atoms with Crippen LogP contribution >= 0.6 is 0 Å². The van der Waals surface area contributed by atoms with E-state index in [0.717, 1.165) is 11.1 Å². The van der Waals surface area contributed by atoms with E-state index >= 15 is 0 Å². The molecular weight excluding hydrogens is 282 g/mol. The summed E-state index contributed by atoms with van der Waals surface area (Å²) in [6.45, 7) is 0. The number of amides is 1. The average molecular weight is 297 g/mol. The third kappa shape index (κ3) is 1.28. The van der Waals surface area contributed by atoms with Crippen molar-refractivity contribution >= 4 is 5.91 Å². The standard InChI is InChI=1S/C21H15NO/c1-22-20(23)16-10-4-7-13-19(16)21(22)17-11-5-2-8-14(17)15-9-3-6-12-18(15)21/h2-13H,1H3. The minimum atomic E-state index is -0.499. The molecule has 0 saturated carbocycles. The zero-order valence-corrected chi connectivity index (χ0v) is 12.8. The number of hydrogen-bond donors (Lipinski definition) is 0. The molecule has 2 nitrogen and oxygen atoms in total. The molecule has 0 saturated heterocycles. The molecule has 1 amide bonds. The van der Waals surface area contributed by atoms with Gasteiger partial charge in [0.05, 0.1) is 0 Å². The first-order chi connectivity index (χ1) is 11.3. The SMILES string of the molecule is CN1C(=O)c2ccccc2C12c1ccccc1-c1ccccc12. The summed E-state index contributed by atoms with van der Waals surface area (Å²) in [4.78, 5) is 14.8. The molecule has 0 atom stereocenters. The van der Waals surface area contributed by atoms with Crippen molar-refractivity contribution in [1.82, 2.24) is 4.90 Å². The maximum absolute atomic E-state index is 12.9. The van der Waals surface area contributed by atoms with Crippen LogP contribution in [-0.2, 0) is 5.54 Å². The summed E-state index contributed by atoms with van der Waals surface area (Å²) in [5.41, 5.74) is 6.23. The van der Waals surface area contributed by atoms with E-state index in [1.165, 1.54) is 22.3 Å². The Bertz CT molecular complexity index is 927. The third-order valence-corrected chi connectivity index (χ3v) is 5.28. The van der Waals surface area contributed by atoms with Crippen LogP contribution in [0, 0.1) is 0 Å². The van der Waals surface area contributed by atoms with Crippen LogP contribution in [0.5, 0.6) is 0 Å². The molecule has 1 aliphatic heterocycles. The van der Waals surface area contributed by atoms with Gasteiger partial charge in [-0.3, -0.25) is 4.79 Å². The van der Waals surface area contributed by atoms with E-state index in [2.05, 4.69) is 54.6 Å². The van der Waals surface area contributed by atoms with Gasteiger partial charge in [0, 0.05) is 12.6 Å². The molecule has 110 valence electrons. The van der Waals surface area contributed by atoms with Crippen LogP contribution in [-0.4, -0.2) is 17.9 Å². The summed E-state index contributed by atoms with van der Waals surface area (Å²) in [5, 5.41) is 0. The molecule has 3 aromatic rings. The average Bonchev–Trinajstić information content (AvgIpc) is 3.03. The van der Waals surface area contributed by atoms with Gasteiger partial charge in [-0.2, -0.15) is 0 Å². The maximum atomic E-state index is 12.9. The second kappa shape index (κ2) is 4.11. The van der Waals surface area contributed by atoms with Crippen molar-refractivity contribution < 1.29 is 4.79 Å². The topological polar surface area (TPSA) is 20.3 Å². The highest BCUT2D eigenvalue weighted by Gasteiger charge is 2.54. The second-order valence-electron chi connectivity index (χ2n) is 6.21. The number of fused-ring (bicyclic) bond motifs is 7. The first-order valence-corrected chi connectivity index (χ1v) is 7.83. The third-order valence-electron chi connectivity index (χ3n) is 5.28. The molecule has 0 aromatic heterocycles. The van der Waals surface area contributed by atoms with Gasteiger partial charge in [-0.25, -0.2) is 0 Å². The van der Waals surface area contributed by atoms with Crippen molar-refractivity contribution in [1.29, 1.82) is 0 Å². The van der Waals surface area contributed by atoms with Crippen molar-refractivity contribution in [3.05, 3.63) is 95.1 Å². The summed E-state index contributed by atoms with van der Waals surface area (Å²) in [5.74, 6) is 0.0899. The Balaban J connectivity index is 1.99. The summed E-state index contributed by atoms with van der Waals surface area (Å²) in [6, 6.07) is 24.9. The highest BCUT2D eigenvalue weighted by atomic mass is 16.2. The van der Waals surface area contributed by atoms with Gasteiger partial charge in [-0.1, -0.05) is 66.7 Å². The zero-order valence-electron chi connectivity index (χ0n) is 12.8. The largest absolute Gasteiger partial charge is 0.324 e. The molecular formula is C21H15NO. The van der Waals surface area contributed by atoms with Crippen LogP contribution in [0.25, 0.3) is 11.1 Å². The van der Waals surface area contributed by atoms with Gasteiger partial charge in [0.2, 0.25) is 0 Å². The summed E-state index contributed by atoms with van der Waals surface area (Å²) in [7, 11) is 1.92. The maximum Gasteiger partial charge on any atom is 0.255 e. The Hall–Kier alpha value is -2.87. The Kier molecular flexibility index (Phi) is 2.26. The number of carbonyl (C=O) groups is 1. The van der Waals surface area contributed by atoms with Gasteiger partial charge in [0.25, 0.3) is 5.91 Å². The molecule has 0 N–H and O–H groups in total. The number of rotatable bonds is 0. The Morgan fingerprint density at radius 1 is 0.652 bits per heavy atom. The molecule has 5 rings (SSSR count). The van der Waals surface area contributed by atoms with E-state index in [9.17, 15) is 4.79 Å². The van der Waals surface area contributed by atoms with Gasteiger partial charge in [0.15, 0.2) is 0 Å². The number of carbonyl (C=O) groups excluding carboxylic acids is 1. The smallest absolute Gasteiger partial charge is 0.255 e. The molecule has 2 aliphatic rings. The number of benzene rings is 3. The number of nitrogens with zero attached hydrogens (tertiary/aromatic N) is 1. The second-order valence-corrected chi connectivity index (χ2v) is 6.21. The van der Waals surface area contributed by atoms with Crippen molar-refractivity contribution in [2.24, 2.45) is 0 Å². The Morgan fingerprint density at radius 3 is 1.57 bits per heavy atom. The van der Waals surface area contributed by atoms with Crippen LogP contribution in [0.15, 0.2) is 72.8 Å². The number of hydrogen-bond acceptors (Lipinski definition) is 1. The predicted molar refractivity (Wildman–Crippen MR) is 90.3 cm³/mol. The van der Waals surface area contributed by atoms with Crippen LogP contribution in [0.4, 0.5) is 0 Å². The normalized spacial score (nSPS) is 16.4. The molecule has 0 bridgehead atoms. The van der Waals surface area contributed by atoms with Gasteiger partial charge < -0.3 is 4.90 Å². The summed E-state index contributed by atoms with van der Waals surface area (Å²) >= 11 is 0. The highest BCUT2D eigenvalue weighted by molar-refractivity contribution is 6.03. The van der Waals surface area contributed by atoms with Crippen LogP contribution < -0.4 is 0 Å². The highest BCUT2D eigenvalue weighted by Crippen LogP contribution is 2.57. The van der Waals surface area contributed by atoms with Crippen molar-refractivity contribution in [2.75, 3.05) is 7.05 Å². The molecule has 0 unspecified atom stereocenters. The molecule has 3 aromatic carbocycles. The molecule has 1 aliphatic carbocycles. The molecule has 0 radical (unpaired) electrons. The summed E-state index contributed by atoms with van der Waals surface area (Å²) in [6.07, 6.45) is 0. The molecule has 1 heterocycles. The lowest BCUT2D eigenvalue weighted by Gasteiger charge is -2.35. The molecule has 23 heavy (non-hydrogen) atoms. The minimum Gasteiger partial charge on any atom is -0.324 e. The van der Waals surface area contributed by atoms with Gasteiger partial charge >= 0.3 is 0 Å². The first-order valence-electron chi connectivity index (χ1n) is 7.83. The van der Waals surface area contributed by atoms with Crippen molar-refractivity contribution in [3.63, 3.8) is 0 Å². The fourth-order valence-electron chi connectivity index (χ4n) is 4.36. The predicted octanol–water partition coefficient (Wildman–Crippen LogP) is 4.04. The molecule has 2 heteroatoms. The van der Waals surface area contributed by atoms with Crippen LogP contribution in [0.2, 0.25) is 0 Å². The quantitative estimate of drug-likeness (QED) is 0.613. The molecule has 1 spiro atoms. The zero-order chi connectivity index (χ0) is 15.6. The van der Waals surface area contributed by atoms with Crippen molar-refractivity contribution in [2.45, 2.75) is 5.54 Å². The van der Waals surface area contributed by atoms with E-state index in [1.807, 2.05) is 30.1 Å².